The summed E-state index contributed by atoms with van der Waals surface area (Å²) in [6.07, 6.45) is 3.87. The van der Waals surface area contributed by atoms with Crippen LogP contribution < -0.4 is 5.32 Å². The molecule has 1 aromatic rings. The van der Waals surface area contributed by atoms with E-state index in [0.717, 1.165) is 6.54 Å². The minimum Gasteiger partial charge on any atom is -0.321 e. The molecule has 3 rings (SSSR count). The van der Waals surface area contributed by atoms with Crippen LogP contribution >= 0.6 is 0 Å². The monoisotopic (exact) mass is 244 g/mol. The Kier molecular flexibility index (Phi) is 2.86. The van der Waals surface area contributed by atoms with Crippen LogP contribution in [0.4, 0.5) is 0 Å². The van der Waals surface area contributed by atoms with E-state index in [9.17, 15) is 4.79 Å². The molecule has 18 heavy (non-hydrogen) atoms. The fourth-order valence-corrected chi connectivity index (χ4v) is 3.00. The van der Waals surface area contributed by atoms with Crippen LogP contribution in [-0.2, 0) is 4.79 Å². The molecule has 0 radical (unpaired) electrons. The van der Waals surface area contributed by atoms with Crippen LogP contribution in [0.25, 0.3) is 0 Å². The lowest BCUT2D eigenvalue weighted by molar-refractivity contribution is -0.130. The molecular weight excluding hydrogens is 224 g/mol. The number of benzene rings is 1. The van der Waals surface area contributed by atoms with E-state index in [1.165, 1.54) is 24.8 Å². The highest BCUT2D eigenvalue weighted by Gasteiger charge is 2.40. The quantitative estimate of drug-likeness (QED) is 0.885. The minimum atomic E-state index is 0.0659. The highest BCUT2D eigenvalue weighted by Crippen LogP contribution is 2.42. The second-order valence-electron chi connectivity index (χ2n) is 5.88. The predicted molar refractivity (Wildman–Crippen MR) is 70.9 cm³/mol. The summed E-state index contributed by atoms with van der Waals surface area (Å²) in [5, 5.41) is 3.32. The van der Waals surface area contributed by atoms with E-state index in [4.69, 9.17) is 0 Å². The van der Waals surface area contributed by atoms with Gasteiger partial charge >= 0.3 is 0 Å². The Hall–Kier alpha value is -1.35. The van der Waals surface area contributed by atoms with Gasteiger partial charge in [0.1, 0.15) is 6.17 Å². The van der Waals surface area contributed by atoms with Crippen molar-refractivity contribution in [3.05, 3.63) is 35.9 Å². The lowest BCUT2D eigenvalue weighted by atomic mass is 9.70. The second-order valence-corrected chi connectivity index (χ2v) is 5.88. The number of carbonyl (C=O) groups excluding carboxylic acids is 1. The van der Waals surface area contributed by atoms with Crippen molar-refractivity contribution in [2.24, 2.45) is 5.41 Å². The molecule has 1 amide bonds. The van der Waals surface area contributed by atoms with Crippen LogP contribution in [0.1, 0.15) is 37.9 Å². The molecule has 1 aliphatic heterocycles. The molecule has 1 saturated carbocycles. The molecular formula is C15H20N2O. The SMILES string of the molecule is CC1(CN2C(=O)CNC2c2ccccc2)CCC1. The predicted octanol–water partition coefficient (Wildman–Crippen LogP) is 2.31. The summed E-state index contributed by atoms with van der Waals surface area (Å²) in [6, 6.07) is 10.3. The number of carbonyl (C=O) groups is 1. The van der Waals surface area contributed by atoms with E-state index in [0.29, 0.717) is 12.0 Å². The van der Waals surface area contributed by atoms with Gasteiger partial charge in [-0.3, -0.25) is 10.1 Å². The average Bonchev–Trinajstić information content (AvgIpc) is 2.70. The fraction of sp³-hybridized carbons (Fsp3) is 0.533. The van der Waals surface area contributed by atoms with Crippen molar-refractivity contribution in [3.8, 4) is 0 Å². The summed E-state index contributed by atoms with van der Waals surface area (Å²) in [7, 11) is 0. The summed E-state index contributed by atoms with van der Waals surface area (Å²) in [4.78, 5) is 14.1. The molecule has 2 fully saturated rings. The highest BCUT2D eigenvalue weighted by molar-refractivity contribution is 5.81. The zero-order chi connectivity index (χ0) is 12.6. The van der Waals surface area contributed by atoms with E-state index >= 15 is 0 Å². The molecule has 3 nitrogen and oxygen atoms in total. The average molecular weight is 244 g/mol. The molecule has 0 bridgehead atoms. The summed E-state index contributed by atoms with van der Waals surface area (Å²) >= 11 is 0. The van der Waals surface area contributed by atoms with Gasteiger partial charge in [-0.15, -0.1) is 0 Å². The third kappa shape index (κ3) is 2.03. The molecule has 0 aromatic heterocycles. The van der Waals surface area contributed by atoms with Gasteiger partial charge in [0.25, 0.3) is 0 Å². The standard InChI is InChI=1S/C15H20N2O/c1-15(8-5-9-15)11-17-13(18)10-16-14(17)12-6-3-2-4-7-12/h2-4,6-7,14,16H,5,8-11H2,1H3. The number of rotatable bonds is 3. The maximum absolute atomic E-state index is 12.0. The van der Waals surface area contributed by atoms with Gasteiger partial charge < -0.3 is 4.90 Å². The van der Waals surface area contributed by atoms with Crippen LogP contribution in [0.5, 0.6) is 0 Å². The minimum absolute atomic E-state index is 0.0659. The van der Waals surface area contributed by atoms with Crippen molar-refractivity contribution in [2.45, 2.75) is 32.4 Å². The molecule has 1 atom stereocenters. The Bertz CT molecular complexity index is 439. The normalized spacial score (nSPS) is 26.2. The van der Waals surface area contributed by atoms with Gasteiger partial charge in [0.05, 0.1) is 6.54 Å². The van der Waals surface area contributed by atoms with Crippen LogP contribution in [0.15, 0.2) is 30.3 Å². The number of nitrogens with one attached hydrogen (secondary N) is 1. The van der Waals surface area contributed by atoms with Gasteiger partial charge in [0.15, 0.2) is 0 Å². The smallest absolute Gasteiger partial charge is 0.238 e. The van der Waals surface area contributed by atoms with Crippen molar-refractivity contribution in [2.75, 3.05) is 13.1 Å². The van der Waals surface area contributed by atoms with Gasteiger partial charge in [0, 0.05) is 6.54 Å². The highest BCUT2D eigenvalue weighted by atomic mass is 16.2. The molecule has 1 unspecified atom stereocenters. The Morgan fingerprint density at radius 2 is 2.06 bits per heavy atom. The molecule has 1 heterocycles. The topological polar surface area (TPSA) is 32.3 Å². The molecule has 1 aromatic carbocycles. The number of nitrogens with zero attached hydrogens (tertiary/aromatic N) is 1. The van der Waals surface area contributed by atoms with Crippen molar-refractivity contribution in [3.63, 3.8) is 0 Å². The van der Waals surface area contributed by atoms with Crippen LogP contribution in [-0.4, -0.2) is 23.9 Å². The second kappa shape index (κ2) is 4.39. The van der Waals surface area contributed by atoms with Crippen molar-refractivity contribution < 1.29 is 4.79 Å². The zero-order valence-electron chi connectivity index (χ0n) is 10.9. The number of amides is 1. The van der Waals surface area contributed by atoms with Gasteiger partial charge in [-0.2, -0.15) is 0 Å². The van der Waals surface area contributed by atoms with Gasteiger partial charge in [-0.25, -0.2) is 0 Å². The van der Waals surface area contributed by atoms with E-state index in [2.05, 4.69) is 24.4 Å². The van der Waals surface area contributed by atoms with Gasteiger partial charge in [0.2, 0.25) is 5.91 Å². The summed E-state index contributed by atoms with van der Waals surface area (Å²) < 4.78 is 0. The molecule has 1 N–H and O–H groups in total. The van der Waals surface area contributed by atoms with Crippen LogP contribution in [0, 0.1) is 5.41 Å². The zero-order valence-corrected chi connectivity index (χ0v) is 10.9. The van der Waals surface area contributed by atoms with E-state index in [1.54, 1.807) is 0 Å². The molecule has 2 aliphatic rings. The molecule has 0 spiro atoms. The first kappa shape index (κ1) is 11.7. The fourth-order valence-electron chi connectivity index (χ4n) is 3.00. The Morgan fingerprint density at radius 3 is 2.67 bits per heavy atom. The third-order valence-electron chi connectivity index (χ3n) is 4.31. The van der Waals surface area contributed by atoms with E-state index in [-0.39, 0.29) is 12.1 Å². The van der Waals surface area contributed by atoms with Crippen LogP contribution in [0.3, 0.4) is 0 Å². The first-order valence-corrected chi connectivity index (χ1v) is 6.76. The summed E-state index contributed by atoms with van der Waals surface area (Å²) in [5.74, 6) is 0.233. The summed E-state index contributed by atoms with van der Waals surface area (Å²) in [5.41, 5.74) is 1.53. The number of hydrogen-bond donors (Lipinski definition) is 1. The maximum atomic E-state index is 12.0. The molecule has 1 aliphatic carbocycles. The maximum Gasteiger partial charge on any atom is 0.238 e. The molecule has 1 saturated heterocycles. The van der Waals surface area contributed by atoms with Crippen molar-refractivity contribution >= 4 is 5.91 Å². The van der Waals surface area contributed by atoms with Gasteiger partial charge in [-0.05, 0) is 23.8 Å². The van der Waals surface area contributed by atoms with E-state index in [1.807, 2.05) is 23.1 Å². The third-order valence-corrected chi connectivity index (χ3v) is 4.31. The van der Waals surface area contributed by atoms with Crippen LogP contribution in [0.2, 0.25) is 0 Å². The molecule has 96 valence electrons. The lowest BCUT2D eigenvalue weighted by Crippen LogP contribution is -2.42. The Labute approximate surface area is 108 Å². The van der Waals surface area contributed by atoms with E-state index < -0.39 is 0 Å². The largest absolute Gasteiger partial charge is 0.321 e. The summed E-state index contributed by atoms with van der Waals surface area (Å²) in [6.45, 7) is 3.65. The Balaban J connectivity index is 1.79. The first-order chi connectivity index (χ1) is 8.68. The van der Waals surface area contributed by atoms with Crippen molar-refractivity contribution in [1.29, 1.82) is 0 Å². The molecule has 3 heteroatoms. The first-order valence-electron chi connectivity index (χ1n) is 6.76. The van der Waals surface area contributed by atoms with Gasteiger partial charge in [-0.1, -0.05) is 43.7 Å². The van der Waals surface area contributed by atoms with Crippen molar-refractivity contribution in [1.82, 2.24) is 10.2 Å². The number of hydrogen-bond acceptors (Lipinski definition) is 2. The lowest BCUT2D eigenvalue weighted by Gasteiger charge is -2.42. The Morgan fingerprint density at radius 1 is 1.33 bits per heavy atom.